The zero-order chi connectivity index (χ0) is 38.1. The summed E-state index contributed by atoms with van der Waals surface area (Å²) >= 11 is 0. The van der Waals surface area contributed by atoms with Gasteiger partial charge >= 0.3 is 12.2 Å². The Kier molecular flexibility index (Phi) is 10.3. The van der Waals surface area contributed by atoms with E-state index >= 15 is 0 Å². The fourth-order valence-corrected chi connectivity index (χ4v) is 7.83. The van der Waals surface area contributed by atoms with E-state index in [2.05, 4.69) is 71.3 Å². The van der Waals surface area contributed by atoms with Crippen molar-refractivity contribution in [3.05, 3.63) is 60.4 Å². The van der Waals surface area contributed by atoms with Gasteiger partial charge in [-0.25, -0.2) is 19.6 Å². The number of nitrogens with zero attached hydrogens (tertiary/aromatic N) is 5. The monoisotopic (exact) mass is 739 g/mol. The molecule has 0 spiro atoms. The van der Waals surface area contributed by atoms with E-state index in [1.54, 1.807) is 43.2 Å². The molecule has 0 radical (unpaired) electrons. The van der Waals surface area contributed by atoms with Crippen LogP contribution < -0.4 is 10.6 Å². The molecule has 5 heterocycles. The molecule has 7 rings (SSSR count). The molecule has 16 heteroatoms. The molecule has 0 bridgehead atoms. The fraction of sp³-hybridized carbons (Fsp3) is 0.421. The predicted molar refractivity (Wildman–Crippen MR) is 199 cm³/mol. The molecule has 4 atom stereocenters. The summed E-state index contributed by atoms with van der Waals surface area (Å²) < 4.78 is 12.4. The molecule has 4 amide bonds. The Balaban J connectivity index is 1.16. The molecule has 2 fully saturated rings. The minimum atomic E-state index is -1.24. The third kappa shape index (κ3) is 6.96. The van der Waals surface area contributed by atoms with Gasteiger partial charge in [-0.05, 0) is 51.7 Å². The van der Waals surface area contributed by atoms with Crippen LogP contribution in [0.2, 0.25) is 0 Å². The van der Waals surface area contributed by atoms with Gasteiger partial charge in [-0.3, -0.25) is 9.59 Å². The Morgan fingerprint density at radius 3 is 1.78 bits per heavy atom. The number of carboxylic acid groups (broad SMARTS) is 1. The van der Waals surface area contributed by atoms with Crippen molar-refractivity contribution in [1.82, 2.24) is 44.9 Å². The number of rotatable bonds is 11. The van der Waals surface area contributed by atoms with E-state index in [-0.39, 0.29) is 23.9 Å². The van der Waals surface area contributed by atoms with Gasteiger partial charge in [0.1, 0.15) is 23.7 Å². The van der Waals surface area contributed by atoms with Gasteiger partial charge in [0, 0.05) is 59.7 Å². The summed E-state index contributed by atoms with van der Waals surface area (Å²) in [6, 6.07) is 10.5. The number of nitrogens with one attached hydrogen (secondary N) is 4. The number of imidazole rings is 2. The number of ether oxygens (including phenoxy) is 2. The average molecular weight is 740 g/mol. The highest BCUT2D eigenvalue weighted by Gasteiger charge is 2.36. The van der Waals surface area contributed by atoms with Crippen molar-refractivity contribution in [2.45, 2.75) is 70.2 Å². The third-order valence-electron chi connectivity index (χ3n) is 10.5. The van der Waals surface area contributed by atoms with Gasteiger partial charge in [-0.1, -0.05) is 24.3 Å². The molecule has 2 saturated heterocycles. The standard InChI is InChI=1S/C38H45N9O7/c1-21(41-37(50)51)35(48)46-13-5-7-29(46)33-39-19-27(43-33)23-9-11-25-26-12-10-24(18-32(26)45(15-16-53-3)31(25)17-23)28-20-40-34(44-28)30-8-6-14-47(30)36(49)22(2)42-38(52)54-4/h9-12,17-22,29-30,41H,5-8,13-16H2,1-4H3,(H,39,43)(H,40,44)(H,42,52)(H,50,51)/t21-,22-,29-,30-/m0/s1. The minimum Gasteiger partial charge on any atom is -0.465 e. The first-order chi connectivity index (χ1) is 26.1. The lowest BCUT2D eigenvalue weighted by Crippen LogP contribution is -2.46. The van der Waals surface area contributed by atoms with Gasteiger partial charge in [0.05, 0.1) is 49.6 Å². The minimum absolute atomic E-state index is 0.188. The molecule has 2 aliphatic heterocycles. The van der Waals surface area contributed by atoms with Crippen molar-refractivity contribution >= 4 is 45.8 Å². The molecule has 0 unspecified atom stereocenters. The van der Waals surface area contributed by atoms with Crippen LogP contribution in [0.4, 0.5) is 9.59 Å². The number of alkyl carbamates (subject to hydrolysis) is 1. The number of hydrogen-bond acceptors (Lipinski definition) is 8. The number of carbonyl (C=O) groups is 4. The summed E-state index contributed by atoms with van der Waals surface area (Å²) in [6.45, 7) is 5.43. The van der Waals surface area contributed by atoms with Crippen LogP contribution in [0.25, 0.3) is 44.3 Å². The van der Waals surface area contributed by atoms with E-state index in [4.69, 9.17) is 14.8 Å². The summed E-state index contributed by atoms with van der Waals surface area (Å²) in [4.78, 5) is 68.9. The molecule has 5 N–H and O–H groups in total. The van der Waals surface area contributed by atoms with Crippen LogP contribution in [0.15, 0.2) is 48.8 Å². The van der Waals surface area contributed by atoms with E-state index in [9.17, 15) is 19.2 Å². The van der Waals surface area contributed by atoms with E-state index in [1.165, 1.54) is 7.11 Å². The molecule has 54 heavy (non-hydrogen) atoms. The van der Waals surface area contributed by atoms with Crippen LogP contribution in [-0.2, 0) is 25.6 Å². The van der Waals surface area contributed by atoms with Crippen LogP contribution in [0.3, 0.4) is 0 Å². The highest BCUT2D eigenvalue weighted by Crippen LogP contribution is 2.37. The number of fused-ring (bicyclic) bond motifs is 3. The Morgan fingerprint density at radius 1 is 0.815 bits per heavy atom. The summed E-state index contributed by atoms with van der Waals surface area (Å²) in [7, 11) is 2.95. The topological polar surface area (TPSA) is 200 Å². The Hall–Kier alpha value is -5.90. The van der Waals surface area contributed by atoms with Crippen molar-refractivity contribution in [1.29, 1.82) is 0 Å². The van der Waals surface area contributed by atoms with Crippen molar-refractivity contribution in [3.8, 4) is 22.5 Å². The zero-order valence-corrected chi connectivity index (χ0v) is 30.7. The van der Waals surface area contributed by atoms with Crippen LogP contribution in [-0.4, -0.2) is 109 Å². The maximum Gasteiger partial charge on any atom is 0.407 e. The largest absolute Gasteiger partial charge is 0.465 e. The number of H-pyrrole nitrogens is 2. The van der Waals surface area contributed by atoms with E-state index in [1.807, 2.05) is 0 Å². The average Bonchev–Trinajstić information content (AvgIpc) is 4.01. The van der Waals surface area contributed by atoms with Crippen molar-refractivity contribution in [3.63, 3.8) is 0 Å². The Bertz CT molecular complexity index is 2210. The van der Waals surface area contributed by atoms with Gasteiger partial charge < -0.3 is 49.5 Å². The molecular weight excluding hydrogens is 694 g/mol. The van der Waals surface area contributed by atoms with Crippen molar-refractivity contribution in [2.24, 2.45) is 0 Å². The fourth-order valence-electron chi connectivity index (χ4n) is 7.83. The lowest BCUT2D eigenvalue weighted by atomic mass is 10.1. The molecule has 2 aromatic carbocycles. The lowest BCUT2D eigenvalue weighted by molar-refractivity contribution is -0.134. The highest BCUT2D eigenvalue weighted by atomic mass is 16.5. The second-order valence-electron chi connectivity index (χ2n) is 13.9. The quantitative estimate of drug-likeness (QED) is 0.124. The molecule has 5 aromatic rings. The predicted octanol–water partition coefficient (Wildman–Crippen LogP) is 4.95. The molecular formula is C38H45N9O7. The third-order valence-corrected chi connectivity index (χ3v) is 10.5. The molecule has 284 valence electrons. The molecule has 3 aromatic heterocycles. The first kappa shape index (κ1) is 36.5. The van der Waals surface area contributed by atoms with Gasteiger partial charge in [-0.15, -0.1) is 0 Å². The zero-order valence-electron chi connectivity index (χ0n) is 30.7. The maximum atomic E-state index is 13.2. The molecule has 0 saturated carbocycles. The summed E-state index contributed by atoms with van der Waals surface area (Å²) in [5, 5.41) is 16.1. The number of likely N-dealkylation sites (tertiary alicyclic amines) is 2. The van der Waals surface area contributed by atoms with Gasteiger partial charge in [0.15, 0.2) is 0 Å². The molecule has 16 nitrogen and oxygen atoms in total. The van der Waals surface area contributed by atoms with Gasteiger partial charge in [-0.2, -0.15) is 0 Å². The summed E-state index contributed by atoms with van der Waals surface area (Å²) in [6.07, 6.45) is 4.81. The molecule has 2 aliphatic rings. The van der Waals surface area contributed by atoms with Crippen molar-refractivity contribution in [2.75, 3.05) is 33.9 Å². The van der Waals surface area contributed by atoms with Crippen LogP contribution in [0, 0.1) is 0 Å². The number of benzene rings is 2. The van der Waals surface area contributed by atoms with Gasteiger partial charge in [0.2, 0.25) is 11.8 Å². The summed E-state index contributed by atoms with van der Waals surface area (Å²) in [5.41, 5.74) is 5.58. The van der Waals surface area contributed by atoms with E-state index in [0.717, 1.165) is 70.0 Å². The Labute approximate surface area is 311 Å². The molecule has 0 aliphatic carbocycles. The number of aromatic amines is 2. The maximum absolute atomic E-state index is 13.2. The number of carbonyl (C=O) groups excluding carboxylic acids is 3. The van der Waals surface area contributed by atoms with E-state index < -0.39 is 24.3 Å². The smallest absolute Gasteiger partial charge is 0.407 e. The number of aromatic nitrogens is 5. The second-order valence-corrected chi connectivity index (χ2v) is 13.9. The first-order valence-electron chi connectivity index (χ1n) is 18.2. The number of amides is 4. The summed E-state index contributed by atoms with van der Waals surface area (Å²) in [5.74, 6) is 0.898. The lowest BCUT2D eigenvalue weighted by Gasteiger charge is -2.26. The van der Waals surface area contributed by atoms with Crippen molar-refractivity contribution < 1.29 is 33.8 Å². The first-order valence-corrected chi connectivity index (χ1v) is 18.2. The Morgan fingerprint density at radius 2 is 1.31 bits per heavy atom. The van der Waals surface area contributed by atoms with Gasteiger partial charge in [0.25, 0.3) is 0 Å². The van der Waals surface area contributed by atoms with Crippen LogP contribution in [0.1, 0.15) is 63.3 Å². The second kappa shape index (κ2) is 15.2. The highest BCUT2D eigenvalue weighted by molar-refractivity contribution is 6.10. The SMILES string of the molecule is COCCn1c2cc(-c3cnc([C@@H]4CCCN4C(=O)[C@H](C)NC(=O)O)[nH]3)ccc2c2ccc(-c3cnc([C@@H]4CCCN4C(=O)[C@H](C)NC(=O)OC)[nH]3)cc21. The number of hydrogen-bond donors (Lipinski definition) is 5. The van der Waals surface area contributed by atoms with Crippen LogP contribution >= 0.6 is 0 Å². The van der Waals surface area contributed by atoms with Crippen LogP contribution in [0.5, 0.6) is 0 Å². The number of methoxy groups -OCH3 is 2. The normalized spacial score (nSPS) is 18.3. The van der Waals surface area contributed by atoms with E-state index in [0.29, 0.717) is 37.9 Å².